The fraction of sp³-hybridized carbons (Fsp3) is 0.263. The summed E-state index contributed by atoms with van der Waals surface area (Å²) in [6.07, 6.45) is 0.912. The molecule has 6 heteroatoms. The Bertz CT molecular complexity index is 747. The lowest BCUT2D eigenvalue weighted by atomic mass is 9.96. The molecule has 3 amide bonds. The van der Waals surface area contributed by atoms with Crippen molar-refractivity contribution in [2.24, 2.45) is 5.73 Å². The highest BCUT2D eigenvalue weighted by Crippen LogP contribution is 2.24. The van der Waals surface area contributed by atoms with Gasteiger partial charge in [-0.25, -0.2) is 9.18 Å². The van der Waals surface area contributed by atoms with E-state index >= 15 is 0 Å². The number of primary amides is 1. The van der Waals surface area contributed by atoms with Gasteiger partial charge < -0.3 is 5.73 Å². The van der Waals surface area contributed by atoms with Gasteiger partial charge in [0, 0.05) is 0 Å². The third-order valence-electron chi connectivity index (χ3n) is 3.96. The number of nitrogens with one attached hydrogen (secondary N) is 2. The molecule has 25 heavy (non-hydrogen) atoms. The topological polar surface area (TPSA) is 84.2 Å². The zero-order valence-electron chi connectivity index (χ0n) is 14.3. The Balaban J connectivity index is 2.31. The predicted octanol–water partition coefficient (Wildman–Crippen LogP) is 2.65. The van der Waals surface area contributed by atoms with Crippen LogP contribution in [0.1, 0.15) is 36.6 Å². The Morgan fingerprint density at radius 1 is 1.12 bits per heavy atom. The van der Waals surface area contributed by atoms with Crippen molar-refractivity contribution in [3.8, 4) is 0 Å². The number of nitrogens with two attached hydrogens (primary N) is 1. The van der Waals surface area contributed by atoms with Crippen molar-refractivity contribution < 1.29 is 14.0 Å². The van der Waals surface area contributed by atoms with Crippen molar-refractivity contribution in [1.82, 2.24) is 10.6 Å². The average molecular weight is 343 g/mol. The minimum Gasteiger partial charge on any atom is -0.351 e. The standard InChI is InChI=1S/C19H22FN3O2/c1-3-13-7-9-14(10-8-13)17(15-5-4-6-16(20)11-15)22-12(2)18(24)23-19(21)25/h4-12,17,22H,3H2,1-2H3,(H3,21,23,24,25)/t12-,17-/m1/s1. The molecule has 4 N–H and O–H groups in total. The molecule has 0 aromatic heterocycles. The molecule has 0 saturated carbocycles. The van der Waals surface area contributed by atoms with Crippen LogP contribution in [0.2, 0.25) is 0 Å². The van der Waals surface area contributed by atoms with E-state index in [0.29, 0.717) is 5.56 Å². The first-order chi connectivity index (χ1) is 11.9. The zero-order valence-corrected chi connectivity index (χ0v) is 14.3. The van der Waals surface area contributed by atoms with Gasteiger partial charge in [-0.05, 0) is 42.2 Å². The first kappa shape index (κ1) is 18.6. The minimum absolute atomic E-state index is 0.358. The normalized spacial score (nSPS) is 13.1. The summed E-state index contributed by atoms with van der Waals surface area (Å²) in [5, 5.41) is 5.18. The lowest BCUT2D eigenvalue weighted by molar-refractivity contribution is -0.121. The number of hydrogen-bond donors (Lipinski definition) is 3. The number of carbonyl (C=O) groups excluding carboxylic acids is 2. The fourth-order valence-corrected chi connectivity index (χ4v) is 2.57. The number of rotatable bonds is 6. The molecule has 2 atom stereocenters. The molecule has 2 rings (SSSR count). The number of urea groups is 1. The van der Waals surface area contributed by atoms with Gasteiger partial charge in [0.1, 0.15) is 5.82 Å². The van der Waals surface area contributed by atoms with E-state index in [1.54, 1.807) is 19.1 Å². The van der Waals surface area contributed by atoms with Gasteiger partial charge in [-0.1, -0.05) is 43.3 Å². The van der Waals surface area contributed by atoms with Gasteiger partial charge in [-0.3, -0.25) is 15.4 Å². The van der Waals surface area contributed by atoms with E-state index < -0.39 is 24.0 Å². The van der Waals surface area contributed by atoms with E-state index in [4.69, 9.17) is 5.73 Å². The van der Waals surface area contributed by atoms with Gasteiger partial charge in [-0.15, -0.1) is 0 Å². The monoisotopic (exact) mass is 343 g/mol. The first-order valence-corrected chi connectivity index (χ1v) is 8.11. The number of aryl methyl sites for hydroxylation is 1. The van der Waals surface area contributed by atoms with E-state index in [1.165, 1.54) is 17.7 Å². The second kappa shape index (κ2) is 8.39. The summed E-state index contributed by atoms with van der Waals surface area (Å²) in [6, 6.07) is 12.1. The summed E-state index contributed by atoms with van der Waals surface area (Å²) in [4.78, 5) is 22.8. The highest BCUT2D eigenvalue weighted by molar-refractivity contribution is 5.96. The molecule has 0 heterocycles. The van der Waals surface area contributed by atoms with E-state index in [0.717, 1.165) is 12.0 Å². The van der Waals surface area contributed by atoms with E-state index in [1.807, 2.05) is 29.6 Å². The van der Waals surface area contributed by atoms with Gasteiger partial charge >= 0.3 is 6.03 Å². The minimum atomic E-state index is -0.909. The summed E-state index contributed by atoms with van der Waals surface area (Å²) in [7, 11) is 0. The quantitative estimate of drug-likeness (QED) is 0.754. The maximum absolute atomic E-state index is 13.7. The van der Waals surface area contributed by atoms with Gasteiger partial charge in [-0.2, -0.15) is 0 Å². The van der Waals surface area contributed by atoms with Crippen LogP contribution < -0.4 is 16.4 Å². The maximum Gasteiger partial charge on any atom is 0.318 e. The molecule has 0 spiro atoms. The average Bonchev–Trinajstić information content (AvgIpc) is 2.59. The smallest absolute Gasteiger partial charge is 0.318 e. The Labute approximate surface area is 146 Å². The molecule has 0 aliphatic rings. The summed E-state index contributed by atoms with van der Waals surface area (Å²) < 4.78 is 13.7. The van der Waals surface area contributed by atoms with E-state index in [9.17, 15) is 14.0 Å². The molecule has 0 saturated heterocycles. The highest BCUT2D eigenvalue weighted by Gasteiger charge is 2.22. The van der Waals surface area contributed by atoms with Crippen LogP contribution >= 0.6 is 0 Å². The first-order valence-electron chi connectivity index (χ1n) is 8.11. The van der Waals surface area contributed by atoms with Crippen molar-refractivity contribution in [3.05, 3.63) is 71.0 Å². The molecule has 0 bridgehead atoms. The molecule has 0 fully saturated rings. The fourth-order valence-electron chi connectivity index (χ4n) is 2.57. The van der Waals surface area contributed by atoms with Crippen LogP contribution in [0.5, 0.6) is 0 Å². The van der Waals surface area contributed by atoms with Crippen LogP contribution in [0.25, 0.3) is 0 Å². The summed E-state index contributed by atoms with van der Waals surface area (Å²) in [6.45, 7) is 3.68. The lowest BCUT2D eigenvalue weighted by Gasteiger charge is -2.24. The summed E-state index contributed by atoms with van der Waals surface area (Å²) >= 11 is 0. The lowest BCUT2D eigenvalue weighted by Crippen LogP contribution is -2.47. The second-order valence-electron chi connectivity index (χ2n) is 5.83. The van der Waals surface area contributed by atoms with Crippen molar-refractivity contribution in [1.29, 1.82) is 0 Å². The number of halogens is 1. The number of benzene rings is 2. The van der Waals surface area contributed by atoms with E-state index in [2.05, 4.69) is 12.2 Å². The maximum atomic E-state index is 13.7. The van der Waals surface area contributed by atoms with Crippen molar-refractivity contribution in [3.63, 3.8) is 0 Å². The molecule has 0 aliphatic heterocycles. The molecule has 0 unspecified atom stereocenters. The number of amides is 3. The van der Waals surface area contributed by atoms with Gasteiger partial charge in [0.2, 0.25) is 5.91 Å². The molecular formula is C19H22FN3O2. The third-order valence-corrected chi connectivity index (χ3v) is 3.96. The zero-order chi connectivity index (χ0) is 18.4. The van der Waals surface area contributed by atoms with Crippen LogP contribution in [-0.2, 0) is 11.2 Å². The number of carbonyl (C=O) groups is 2. The number of hydrogen-bond acceptors (Lipinski definition) is 3. The third kappa shape index (κ3) is 5.12. The Morgan fingerprint density at radius 2 is 1.80 bits per heavy atom. The van der Waals surface area contributed by atoms with Crippen LogP contribution in [-0.4, -0.2) is 18.0 Å². The van der Waals surface area contributed by atoms with Crippen LogP contribution in [0.15, 0.2) is 48.5 Å². The SMILES string of the molecule is CCc1ccc([C@@H](N[C@H](C)C(=O)NC(N)=O)c2cccc(F)c2)cc1. The van der Waals surface area contributed by atoms with Gasteiger partial charge in [0.15, 0.2) is 0 Å². The van der Waals surface area contributed by atoms with Gasteiger partial charge in [0.05, 0.1) is 12.1 Å². The second-order valence-corrected chi connectivity index (χ2v) is 5.83. The summed E-state index contributed by atoms with van der Waals surface area (Å²) in [5.41, 5.74) is 7.74. The van der Waals surface area contributed by atoms with Crippen LogP contribution in [0, 0.1) is 5.82 Å². The van der Waals surface area contributed by atoms with Crippen LogP contribution in [0.4, 0.5) is 9.18 Å². The summed E-state index contributed by atoms with van der Waals surface area (Å²) in [5.74, 6) is -0.900. The van der Waals surface area contributed by atoms with Crippen molar-refractivity contribution >= 4 is 11.9 Å². The van der Waals surface area contributed by atoms with Gasteiger partial charge in [0.25, 0.3) is 0 Å². The predicted molar refractivity (Wildman–Crippen MR) is 94.4 cm³/mol. The van der Waals surface area contributed by atoms with Crippen LogP contribution in [0.3, 0.4) is 0 Å². The molecule has 2 aromatic carbocycles. The van der Waals surface area contributed by atoms with E-state index in [-0.39, 0.29) is 5.82 Å². The Hall–Kier alpha value is -2.73. The molecule has 2 aromatic rings. The Morgan fingerprint density at radius 3 is 2.36 bits per heavy atom. The highest BCUT2D eigenvalue weighted by atomic mass is 19.1. The molecule has 0 radical (unpaired) electrons. The molecule has 5 nitrogen and oxygen atoms in total. The molecule has 132 valence electrons. The Kier molecular flexibility index (Phi) is 6.25. The number of imide groups is 1. The molecular weight excluding hydrogens is 321 g/mol. The largest absolute Gasteiger partial charge is 0.351 e. The van der Waals surface area contributed by atoms with Crippen molar-refractivity contribution in [2.45, 2.75) is 32.4 Å². The van der Waals surface area contributed by atoms with Crippen molar-refractivity contribution in [2.75, 3.05) is 0 Å². The molecule has 0 aliphatic carbocycles.